The van der Waals surface area contributed by atoms with E-state index in [9.17, 15) is 0 Å². The molecular formula is C30H46. The Labute approximate surface area is 187 Å². The summed E-state index contributed by atoms with van der Waals surface area (Å²) >= 11 is 0. The van der Waals surface area contributed by atoms with Gasteiger partial charge in [0.15, 0.2) is 0 Å². The van der Waals surface area contributed by atoms with Crippen LogP contribution in [0.2, 0.25) is 0 Å². The molecule has 0 aliphatic heterocycles. The van der Waals surface area contributed by atoms with E-state index in [0.29, 0.717) is 0 Å². The van der Waals surface area contributed by atoms with Gasteiger partial charge in [0.2, 0.25) is 0 Å². The zero-order valence-electron chi connectivity index (χ0n) is 19.7. The number of hydrogen-bond donors (Lipinski definition) is 0. The van der Waals surface area contributed by atoms with Crippen LogP contribution in [0.1, 0.15) is 115 Å². The van der Waals surface area contributed by atoms with Gasteiger partial charge in [0.1, 0.15) is 0 Å². The molecule has 0 saturated carbocycles. The highest BCUT2D eigenvalue weighted by atomic mass is 14.0. The molecule has 0 amide bonds. The van der Waals surface area contributed by atoms with Crippen LogP contribution in [-0.4, -0.2) is 0 Å². The fraction of sp³-hybridized carbons (Fsp3) is 0.600. The first kappa shape index (κ1) is 24.7. The number of fused-ring (bicyclic) bond motifs is 1. The number of aryl methyl sites for hydroxylation is 1. The molecule has 0 unspecified atom stereocenters. The first-order valence-electron chi connectivity index (χ1n) is 13.0. The second kappa shape index (κ2) is 17.2. The molecule has 0 saturated heterocycles. The molecule has 0 spiro atoms. The molecule has 0 nitrogen and oxygen atoms in total. The minimum absolute atomic E-state index is 1.20. The molecule has 0 radical (unpaired) electrons. The first-order chi connectivity index (χ1) is 14.9. The van der Waals surface area contributed by atoms with Gasteiger partial charge in [-0.3, -0.25) is 0 Å². The lowest BCUT2D eigenvalue weighted by Gasteiger charge is -2.05. The summed E-state index contributed by atoms with van der Waals surface area (Å²) in [6.45, 7) is 2.30. The highest BCUT2D eigenvalue weighted by Gasteiger charge is 1.99. The monoisotopic (exact) mass is 406 g/mol. The average Bonchev–Trinajstić information content (AvgIpc) is 2.78. The van der Waals surface area contributed by atoms with Gasteiger partial charge in [-0.25, -0.2) is 0 Å². The van der Waals surface area contributed by atoms with Gasteiger partial charge in [-0.2, -0.15) is 0 Å². The molecular weight excluding hydrogens is 360 g/mol. The van der Waals surface area contributed by atoms with Crippen molar-refractivity contribution in [1.29, 1.82) is 0 Å². The number of unbranched alkanes of at least 4 members (excludes halogenated alkanes) is 14. The van der Waals surface area contributed by atoms with Gasteiger partial charge in [0, 0.05) is 0 Å². The van der Waals surface area contributed by atoms with Gasteiger partial charge in [-0.1, -0.05) is 132 Å². The summed E-state index contributed by atoms with van der Waals surface area (Å²) in [6, 6.07) is 15.5. The Hall–Kier alpha value is -1.56. The van der Waals surface area contributed by atoms with Crippen molar-refractivity contribution < 1.29 is 0 Å². The van der Waals surface area contributed by atoms with Crippen molar-refractivity contribution in [1.82, 2.24) is 0 Å². The normalized spacial score (nSPS) is 11.6. The van der Waals surface area contributed by atoms with Crippen LogP contribution in [0.4, 0.5) is 0 Å². The molecule has 166 valence electrons. The van der Waals surface area contributed by atoms with E-state index in [2.05, 4.69) is 61.5 Å². The molecule has 0 bridgehead atoms. The number of benzene rings is 2. The van der Waals surface area contributed by atoms with Crippen LogP contribution >= 0.6 is 0 Å². The van der Waals surface area contributed by atoms with E-state index in [1.807, 2.05) is 0 Å². The minimum atomic E-state index is 1.20. The lowest BCUT2D eigenvalue weighted by Crippen LogP contribution is -1.87. The summed E-state index contributed by atoms with van der Waals surface area (Å²) in [7, 11) is 0. The van der Waals surface area contributed by atoms with E-state index in [4.69, 9.17) is 0 Å². The molecule has 0 atom stereocenters. The highest BCUT2D eigenvalue weighted by Crippen LogP contribution is 2.20. The third-order valence-corrected chi connectivity index (χ3v) is 6.34. The van der Waals surface area contributed by atoms with Crippen molar-refractivity contribution in [3.05, 3.63) is 60.2 Å². The van der Waals surface area contributed by atoms with Crippen molar-refractivity contribution in [2.75, 3.05) is 0 Å². The van der Waals surface area contributed by atoms with Crippen LogP contribution in [0.25, 0.3) is 10.8 Å². The Morgan fingerprint density at radius 3 is 1.73 bits per heavy atom. The predicted molar refractivity (Wildman–Crippen MR) is 136 cm³/mol. The van der Waals surface area contributed by atoms with Gasteiger partial charge in [0.25, 0.3) is 0 Å². The zero-order chi connectivity index (χ0) is 21.1. The van der Waals surface area contributed by atoms with Crippen molar-refractivity contribution >= 4 is 10.8 Å². The number of hydrogen-bond acceptors (Lipinski definition) is 0. The maximum absolute atomic E-state index is 2.42. The molecule has 0 N–H and O–H groups in total. The quantitative estimate of drug-likeness (QED) is 0.170. The van der Waals surface area contributed by atoms with Crippen molar-refractivity contribution in [2.45, 2.75) is 116 Å². The molecule has 0 fully saturated rings. The van der Waals surface area contributed by atoms with Gasteiger partial charge in [-0.05, 0) is 54.9 Å². The lowest BCUT2D eigenvalue weighted by molar-refractivity contribution is 0.545. The predicted octanol–water partition coefficient (Wildman–Crippen LogP) is 10.2. The standard InChI is InChI=1S/C30H46/c1-2-3-4-5-6-7-8-9-10-11-12-13-14-15-16-17-18-19-23-28-25-22-26-29-24-20-21-27-30(28)29/h15-16,20-22,24-27H,2-14,17-19,23H2,1H3/b16-15+. The van der Waals surface area contributed by atoms with Crippen molar-refractivity contribution in [3.63, 3.8) is 0 Å². The average molecular weight is 407 g/mol. The second-order valence-corrected chi connectivity index (χ2v) is 9.03. The van der Waals surface area contributed by atoms with Crippen LogP contribution < -0.4 is 0 Å². The molecule has 0 heteroatoms. The molecule has 0 aromatic heterocycles. The van der Waals surface area contributed by atoms with Crippen LogP contribution in [-0.2, 0) is 6.42 Å². The summed E-state index contributed by atoms with van der Waals surface area (Å²) in [5, 5.41) is 2.81. The van der Waals surface area contributed by atoms with Crippen LogP contribution in [0.3, 0.4) is 0 Å². The second-order valence-electron chi connectivity index (χ2n) is 9.03. The molecule has 2 rings (SSSR count). The Balaban J connectivity index is 1.37. The lowest BCUT2D eigenvalue weighted by atomic mass is 10.00. The topological polar surface area (TPSA) is 0 Å². The molecule has 0 aliphatic carbocycles. The molecule has 0 heterocycles. The van der Waals surface area contributed by atoms with Crippen LogP contribution in [0, 0.1) is 0 Å². The maximum Gasteiger partial charge on any atom is -0.0152 e. The number of allylic oxidation sites excluding steroid dienone is 2. The Bertz CT molecular complexity index is 676. The van der Waals surface area contributed by atoms with E-state index in [-0.39, 0.29) is 0 Å². The van der Waals surface area contributed by atoms with Crippen LogP contribution in [0.15, 0.2) is 54.6 Å². The van der Waals surface area contributed by atoms with Gasteiger partial charge < -0.3 is 0 Å². The van der Waals surface area contributed by atoms with E-state index in [1.165, 1.54) is 125 Å². The minimum Gasteiger partial charge on any atom is -0.0885 e. The first-order valence-corrected chi connectivity index (χ1v) is 13.0. The summed E-state index contributed by atoms with van der Waals surface area (Å²) in [5.41, 5.74) is 1.51. The maximum atomic E-state index is 2.42. The van der Waals surface area contributed by atoms with E-state index < -0.39 is 0 Å². The third kappa shape index (κ3) is 11.0. The Morgan fingerprint density at radius 1 is 0.533 bits per heavy atom. The third-order valence-electron chi connectivity index (χ3n) is 6.34. The summed E-state index contributed by atoms with van der Waals surface area (Å²) < 4.78 is 0. The Morgan fingerprint density at radius 2 is 1.07 bits per heavy atom. The van der Waals surface area contributed by atoms with Crippen molar-refractivity contribution in [3.8, 4) is 0 Å². The summed E-state index contributed by atoms with van der Waals surface area (Å²) in [6.07, 6.45) is 28.4. The highest BCUT2D eigenvalue weighted by molar-refractivity contribution is 5.85. The smallest absolute Gasteiger partial charge is 0.0152 e. The largest absolute Gasteiger partial charge is 0.0885 e. The summed E-state index contributed by atoms with van der Waals surface area (Å²) in [5.74, 6) is 0. The van der Waals surface area contributed by atoms with Gasteiger partial charge in [0.05, 0.1) is 0 Å². The van der Waals surface area contributed by atoms with E-state index in [1.54, 1.807) is 0 Å². The fourth-order valence-corrected chi connectivity index (χ4v) is 4.43. The molecule has 2 aromatic rings. The van der Waals surface area contributed by atoms with E-state index in [0.717, 1.165) is 0 Å². The SMILES string of the molecule is CCCCCCCCCCCCCC/C=C/CCCCc1cccc2ccccc12. The molecule has 2 aromatic carbocycles. The van der Waals surface area contributed by atoms with Gasteiger partial charge in [-0.15, -0.1) is 0 Å². The van der Waals surface area contributed by atoms with Crippen LogP contribution in [0.5, 0.6) is 0 Å². The number of rotatable bonds is 18. The molecule has 0 aliphatic rings. The Kier molecular flexibility index (Phi) is 14.1. The van der Waals surface area contributed by atoms with Crippen molar-refractivity contribution in [2.24, 2.45) is 0 Å². The van der Waals surface area contributed by atoms with Gasteiger partial charge >= 0.3 is 0 Å². The van der Waals surface area contributed by atoms with E-state index >= 15 is 0 Å². The summed E-state index contributed by atoms with van der Waals surface area (Å²) in [4.78, 5) is 0. The fourth-order valence-electron chi connectivity index (χ4n) is 4.43. The zero-order valence-corrected chi connectivity index (χ0v) is 19.7. The molecule has 30 heavy (non-hydrogen) atoms.